The molecule has 0 aromatic heterocycles. The largest absolute Gasteiger partial charge is 0.464 e. The van der Waals surface area contributed by atoms with Crippen LogP contribution in [0, 0.1) is 11.3 Å². The minimum atomic E-state index is -0.416. The Balaban J connectivity index is 1.29. The Morgan fingerprint density at radius 1 is 0.967 bits per heavy atom. The number of ether oxygens (including phenoxy) is 3. The first-order valence-corrected chi connectivity index (χ1v) is 10.3. The number of nitrogens with zero attached hydrogens (tertiary/aromatic N) is 1. The Labute approximate surface area is 176 Å². The number of rotatable bonds is 11. The zero-order chi connectivity index (χ0) is 21.2. The van der Waals surface area contributed by atoms with Crippen LogP contribution in [0.1, 0.15) is 53.6 Å². The number of benzene rings is 2. The molecular weight excluding hydrogens is 382 g/mol. The summed E-state index contributed by atoms with van der Waals surface area (Å²) in [4.78, 5) is 23.5. The van der Waals surface area contributed by atoms with Gasteiger partial charge in [0, 0.05) is 0 Å². The Bertz CT molecular complexity index is 879. The van der Waals surface area contributed by atoms with E-state index in [2.05, 4.69) is 0 Å². The van der Waals surface area contributed by atoms with E-state index in [-0.39, 0.29) is 12.1 Å². The van der Waals surface area contributed by atoms with Crippen LogP contribution in [0.3, 0.4) is 0 Å². The van der Waals surface area contributed by atoms with Gasteiger partial charge in [0.15, 0.2) is 6.10 Å². The van der Waals surface area contributed by atoms with Crippen LogP contribution in [-0.2, 0) is 20.7 Å². The Morgan fingerprint density at radius 2 is 1.63 bits per heavy atom. The number of hydrogen-bond donors (Lipinski definition) is 0. The fourth-order valence-corrected chi connectivity index (χ4v) is 2.98. The average Bonchev–Trinajstić information content (AvgIpc) is 3.62. The summed E-state index contributed by atoms with van der Waals surface area (Å²) in [6.07, 6.45) is 5.86. The number of esters is 2. The van der Waals surface area contributed by atoms with Gasteiger partial charge < -0.3 is 14.2 Å². The van der Waals surface area contributed by atoms with E-state index in [1.165, 1.54) is 5.56 Å². The molecule has 1 heterocycles. The number of epoxide rings is 1. The third-order valence-electron chi connectivity index (χ3n) is 4.83. The van der Waals surface area contributed by atoms with E-state index < -0.39 is 5.97 Å². The summed E-state index contributed by atoms with van der Waals surface area (Å²) in [5.41, 5.74) is 2.20. The summed E-state index contributed by atoms with van der Waals surface area (Å²) in [6, 6.07) is 15.9. The van der Waals surface area contributed by atoms with Gasteiger partial charge in [0.25, 0.3) is 0 Å². The molecule has 2 aromatic rings. The maximum absolute atomic E-state index is 12.2. The van der Waals surface area contributed by atoms with E-state index in [9.17, 15) is 9.59 Å². The van der Waals surface area contributed by atoms with Crippen LogP contribution in [0.25, 0.3) is 0 Å². The Kier molecular flexibility index (Phi) is 7.99. The molecule has 0 bridgehead atoms. The van der Waals surface area contributed by atoms with Gasteiger partial charge in [-0.3, -0.25) is 0 Å². The normalized spacial score (nSPS) is 14.6. The molecule has 6 heteroatoms. The molecule has 0 aliphatic carbocycles. The quantitative estimate of drug-likeness (QED) is 0.240. The van der Waals surface area contributed by atoms with Gasteiger partial charge in [-0.2, -0.15) is 5.26 Å². The van der Waals surface area contributed by atoms with Crippen molar-refractivity contribution in [3.8, 4) is 11.8 Å². The third-order valence-corrected chi connectivity index (χ3v) is 4.83. The molecule has 0 saturated carbocycles. The summed E-state index contributed by atoms with van der Waals surface area (Å²) < 4.78 is 15.3. The monoisotopic (exact) mass is 407 g/mol. The molecule has 1 fully saturated rings. The van der Waals surface area contributed by atoms with Gasteiger partial charge in [-0.1, -0.05) is 31.4 Å². The highest BCUT2D eigenvalue weighted by Gasteiger charge is 2.32. The van der Waals surface area contributed by atoms with Crippen LogP contribution in [0.5, 0.6) is 5.75 Å². The first kappa shape index (κ1) is 21.5. The van der Waals surface area contributed by atoms with Crippen LogP contribution in [0.15, 0.2) is 48.5 Å². The van der Waals surface area contributed by atoms with Crippen LogP contribution in [-0.4, -0.2) is 31.3 Å². The highest BCUT2D eigenvalue weighted by atomic mass is 16.6. The fourth-order valence-electron chi connectivity index (χ4n) is 2.98. The van der Waals surface area contributed by atoms with Crippen molar-refractivity contribution >= 4 is 11.9 Å². The molecule has 0 radical (unpaired) electrons. The van der Waals surface area contributed by atoms with Crippen LogP contribution in [0.4, 0.5) is 0 Å². The van der Waals surface area contributed by atoms with E-state index in [4.69, 9.17) is 19.5 Å². The predicted octanol–water partition coefficient (Wildman–Crippen LogP) is 4.21. The molecule has 1 saturated heterocycles. The molecule has 1 aliphatic rings. The molecule has 0 N–H and O–H groups in total. The van der Waals surface area contributed by atoms with Crippen molar-refractivity contribution in [2.24, 2.45) is 0 Å². The van der Waals surface area contributed by atoms with Gasteiger partial charge in [-0.25, -0.2) is 9.59 Å². The molecule has 1 unspecified atom stereocenters. The van der Waals surface area contributed by atoms with E-state index in [1.54, 1.807) is 36.4 Å². The number of hydrogen-bond acceptors (Lipinski definition) is 6. The topological polar surface area (TPSA) is 88.9 Å². The molecule has 1 aliphatic heterocycles. The lowest BCUT2D eigenvalue weighted by molar-refractivity contribution is -0.145. The first-order chi connectivity index (χ1) is 14.7. The lowest BCUT2D eigenvalue weighted by Gasteiger charge is -2.06. The summed E-state index contributed by atoms with van der Waals surface area (Å²) in [5.74, 6) is -0.238. The van der Waals surface area contributed by atoms with Crippen LogP contribution < -0.4 is 4.74 Å². The van der Waals surface area contributed by atoms with Crippen LogP contribution >= 0.6 is 0 Å². The minimum absolute atomic E-state index is 0.237. The van der Waals surface area contributed by atoms with Gasteiger partial charge >= 0.3 is 11.9 Å². The summed E-state index contributed by atoms with van der Waals surface area (Å²) in [7, 11) is 0. The standard InChI is InChI=1S/C24H25NO5/c25-16-19-9-13-21(14-10-19)30-23(26)20-11-7-18(8-12-20)6-4-2-1-3-5-15-28-24(27)22-17-29-22/h7-14,22H,1-6,15,17H2. The predicted molar refractivity (Wildman–Crippen MR) is 110 cm³/mol. The van der Waals surface area contributed by atoms with Gasteiger partial charge in [0.2, 0.25) is 0 Å². The number of aryl methyl sites for hydroxylation is 1. The van der Waals surface area contributed by atoms with Gasteiger partial charge in [-0.05, 0) is 61.2 Å². The SMILES string of the molecule is N#Cc1ccc(OC(=O)c2ccc(CCCCCCCOC(=O)C3CO3)cc2)cc1. The number of nitriles is 1. The maximum atomic E-state index is 12.2. The summed E-state index contributed by atoms with van der Waals surface area (Å²) >= 11 is 0. The molecule has 30 heavy (non-hydrogen) atoms. The molecule has 1 atom stereocenters. The highest BCUT2D eigenvalue weighted by molar-refractivity contribution is 5.91. The summed E-state index contributed by atoms with van der Waals surface area (Å²) in [6.45, 7) is 0.969. The Morgan fingerprint density at radius 3 is 2.30 bits per heavy atom. The van der Waals surface area contributed by atoms with Gasteiger partial charge in [0.05, 0.1) is 30.4 Å². The third kappa shape index (κ3) is 7.02. The lowest BCUT2D eigenvalue weighted by Crippen LogP contribution is -2.12. The molecule has 0 amide bonds. The first-order valence-electron chi connectivity index (χ1n) is 10.3. The molecule has 156 valence electrons. The van der Waals surface area contributed by atoms with Crippen molar-refractivity contribution in [3.05, 3.63) is 65.2 Å². The molecule has 2 aromatic carbocycles. The average molecular weight is 407 g/mol. The van der Waals surface area contributed by atoms with Crippen LogP contribution in [0.2, 0.25) is 0 Å². The number of unbranched alkanes of at least 4 members (excludes halogenated alkanes) is 4. The van der Waals surface area contributed by atoms with Crippen molar-refractivity contribution in [2.45, 2.75) is 44.6 Å². The lowest BCUT2D eigenvalue weighted by atomic mass is 10.0. The van der Waals surface area contributed by atoms with E-state index >= 15 is 0 Å². The second-order valence-corrected chi connectivity index (χ2v) is 7.23. The molecular formula is C24H25NO5. The molecule has 6 nitrogen and oxygen atoms in total. The molecule has 3 rings (SSSR count). The number of carbonyl (C=O) groups is 2. The van der Waals surface area contributed by atoms with Crippen molar-refractivity contribution < 1.29 is 23.8 Å². The van der Waals surface area contributed by atoms with Gasteiger partial charge in [-0.15, -0.1) is 0 Å². The zero-order valence-electron chi connectivity index (χ0n) is 16.8. The molecule has 0 spiro atoms. The van der Waals surface area contributed by atoms with E-state index in [0.29, 0.717) is 30.1 Å². The second kappa shape index (κ2) is 11.1. The second-order valence-electron chi connectivity index (χ2n) is 7.23. The van der Waals surface area contributed by atoms with Gasteiger partial charge in [0.1, 0.15) is 5.75 Å². The zero-order valence-corrected chi connectivity index (χ0v) is 16.8. The minimum Gasteiger partial charge on any atom is -0.464 e. The van der Waals surface area contributed by atoms with E-state index in [1.807, 2.05) is 18.2 Å². The number of carbonyl (C=O) groups excluding carboxylic acids is 2. The van der Waals surface area contributed by atoms with Crippen molar-refractivity contribution in [1.82, 2.24) is 0 Å². The van der Waals surface area contributed by atoms with Crippen molar-refractivity contribution in [1.29, 1.82) is 5.26 Å². The fraction of sp³-hybridized carbons (Fsp3) is 0.375. The van der Waals surface area contributed by atoms with Crippen molar-refractivity contribution in [3.63, 3.8) is 0 Å². The van der Waals surface area contributed by atoms with E-state index in [0.717, 1.165) is 38.5 Å². The highest BCUT2D eigenvalue weighted by Crippen LogP contribution is 2.16. The maximum Gasteiger partial charge on any atom is 0.343 e. The van der Waals surface area contributed by atoms with Crippen molar-refractivity contribution in [2.75, 3.05) is 13.2 Å². The Hall–Kier alpha value is -3.17. The smallest absolute Gasteiger partial charge is 0.343 e. The summed E-state index contributed by atoms with van der Waals surface area (Å²) in [5, 5.41) is 8.80.